The zero-order valence-electron chi connectivity index (χ0n) is 16.7. The Morgan fingerprint density at radius 3 is 2.55 bits per heavy atom. The van der Waals surface area contributed by atoms with Crippen molar-refractivity contribution in [1.82, 2.24) is 20.5 Å². The maximum atomic E-state index is 14.0. The number of hydrogen-bond donors (Lipinski definition) is 2. The van der Waals surface area contributed by atoms with E-state index in [0.717, 1.165) is 35.7 Å². The fraction of sp³-hybridized carbons (Fsp3) is 0.263. The third-order valence-corrected chi connectivity index (χ3v) is 5.65. The van der Waals surface area contributed by atoms with Crippen LogP contribution in [0.4, 0.5) is 28.0 Å². The van der Waals surface area contributed by atoms with E-state index in [9.17, 15) is 32.5 Å². The van der Waals surface area contributed by atoms with Crippen LogP contribution < -0.4 is 5.32 Å². The van der Waals surface area contributed by atoms with E-state index in [2.05, 4.69) is 20.5 Å². The highest BCUT2D eigenvalue weighted by Gasteiger charge is 2.33. The number of rotatable bonds is 7. The summed E-state index contributed by atoms with van der Waals surface area (Å²) in [6, 6.07) is 4.66. The lowest BCUT2D eigenvalue weighted by Crippen LogP contribution is -2.32. The molecule has 0 aliphatic rings. The Morgan fingerprint density at radius 2 is 2.00 bits per heavy atom. The van der Waals surface area contributed by atoms with Crippen molar-refractivity contribution in [3.05, 3.63) is 68.7 Å². The van der Waals surface area contributed by atoms with Crippen molar-refractivity contribution in [1.29, 1.82) is 0 Å². The number of nitrogens with zero attached hydrogens (tertiary/aromatic N) is 4. The topological polar surface area (TPSA) is 131 Å². The Bertz CT molecular complexity index is 1170. The second kappa shape index (κ2) is 9.44. The minimum absolute atomic E-state index is 0.128. The molecule has 33 heavy (non-hydrogen) atoms. The molecule has 1 aromatic carbocycles. The second-order valence-corrected chi connectivity index (χ2v) is 7.99. The van der Waals surface area contributed by atoms with Gasteiger partial charge in [0.25, 0.3) is 0 Å². The monoisotopic (exact) mass is 485 g/mol. The average Bonchev–Trinajstić information content (AvgIpc) is 3.20. The van der Waals surface area contributed by atoms with Gasteiger partial charge >= 0.3 is 18.0 Å². The molecular formula is C19H15F4N5O4S. The van der Waals surface area contributed by atoms with Crippen LogP contribution in [0.5, 0.6) is 0 Å². The number of pyridine rings is 1. The first-order valence-corrected chi connectivity index (χ1v) is 10.1. The first-order valence-electron chi connectivity index (χ1n) is 9.26. The van der Waals surface area contributed by atoms with Crippen molar-refractivity contribution >= 4 is 23.1 Å². The average molecular weight is 485 g/mol. The van der Waals surface area contributed by atoms with Gasteiger partial charge in [0, 0.05) is 29.8 Å². The van der Waals surface area contributed by atoms with Gasteiger partial charge in [0.15, 0.2) is 0 Å². The normalized spacial score (nSPS) is 13.4. The van der Waals surface area contributed by atoms with Crippen LogP contribution in [0.2, 0.25) is 0 Å². The van der Waals surface area contributed by atoms with Crippen LogP contribution in [0.15, 0.2) is 36.5 Å². The van der Waals surface area contributed by atoms with Gasteiger partial charge in [0.2, 0.25) is 5.82 Å². The van der Waals surface area contributed by atoms with E-state index in [1.165, 1.54) is 12.1 Å². The molecule has 0 aliphatic heterocycles. The highest BCUT2D eigenvalue weighted by molar-refractivity contribution is 7.14. The van der Waals surface area contributed by atoms with Crippen LogP contribution >= 0.6 is 11.3 Å². The van der Waals surface area contributed by atoms with Crippen LogP contribution in [-0.4, -0.2) is 37.3 Å². The first kappa shape index (κ1) is 24.0. The molecule has 9 nitrogen and oxygen atoms in total. The molecule has 14 heteroatoms. The molecule has 0 radical (unpaired) electrons. The third kappa shape index (κ3) is 5.77. The van der Waals surface area contributed by atoms with Crippen molar-refractivity contribution in [3.63, 3.8) is 0 Å². The Kier molecular flexibility index (Phi) is 6.86. The van der Waals surface area contributed by atoms with Crippen LogP contribution in [0, 0.1) is 15.9 Å². The molecular weight excluding hydrogens is 470 g/mol. The third-order valence-electron chi connectivity index (χ3n) is 4.57. The summed E-state index contributed by atoms with van der Waals surface area (Å²) in [6.07, 6.45) is -4.73. The number of hydrogen-bond acceptors (Lipinski definition) is 7. The minimum Gasteiger partial charge on any atom is -0.465 e. The summed E-state index contributed by atoms with van der Waals surface area (Å²) < 4.78 is 52.6. The van der Waals surface area contributed by atoms with Gasteiger partial charge in [-0.25, -0.2) is 4.79 Å². The Hall–Kier alpha value is -3.68. The molecule has 0 fully saturated rings. The van der Waals surface area contributed by atoms with Gasteiger partial charge in [0.05, 0.1) is 4.92 Å². The maximum Gasteiger partial charge on any atom is 0.433 e. The van der Waals surface area contributed by atoms with E-state index in [1.807, 2.05) is 0 Å². The summed E-state index contributed by atoms with van der Waals surface area (Å²) in [5.74, 6) is -1.73. The minimum atomic E-state index is -4.62. The predicted octanol–water partition coefficient (Wildman–Crippen LogP) is 4.84. The first-order chi connectivity index (χ1) is 15.5. The van der Waals surface area contributed by atoms with Gasteiger partial charge in [0.1, 0.15) is 15.7 Å². The van der Waals surface area contributed by atoms with Crippen molar-refractivity contribution in [2.75, 3.05) is 0 Å². The lowest BCUT2D eigenvalue weighted by molar-refractivity contribution is -0.387. The largest absolute Gasteiger partial charge is 0.465 e. The number of halogens is 4. The Balaban J connectivity index is 1.96. The van der Waals surface area contributed by atoms with Crippen molar-refractivity contribution in [2.24, 2.45) is 0 Å². The molecule has 3 aromatic rings. The van der Waals surface area contributed by atoms with Gasteiger partial charge in [-0.05, 0) is 37.1 Å². The zero-order chi connectivity index (χ0) is 24.3. The number of alkyl halides is 3. The smallest absolute Gasteiger partial charge is 0.433 e. The molecule has 0 saturated carbocycles. The number of aromatic nitrogens is 3. The van der Waals surface area contributed by atoms with Gasteiger partial charge in [-0.15, -0.1) is 10.2 Å². The highest BCUT2D eigenvalue weighted by atomic mass is 32.1. The molecule has 0 spiro atoms. The van der Waals surface area contributed by atoms with Crippen molar-refractivity contribution < 1.29 is 32.4 Å². The Labute approximate surface area is 187 Å². The number of nitro groups is 1. The lowest BCUT2D eigenvalue weighted by atomic mass is 9.94. The van der Waals surface area contributed by atoms with Crippen molar-refractivity contribution in [3.8, 4) is 10.6 Å². The molecule has 1 amide bonds. The fourth-order valence-corrected chi connectivity index (χ4v) is 4.04. The molecule has 2 N–H and O–H groups in total. The molecule has 0 bridgehead atoms. The number of amides is 1. The number of carboxylic acid groups (broad SMARTS) is 1. The van der Waals surface area contributed by atoms with E-state index in [-0.39, 0.29) is 17.0 Å². The fourth-order valence-electron chi connectivity index (χ4n) is 3.06. The molecule has 2 heterocycles. The maximum absolute atomic E-state index is 14.0. The van der Waals surface area contributed by atoms with Gasteiger partial charge in [-0.2, -0.15) is 17.6 Å². The van der Waals surface area contributed by atoms with Gasteiger partial charge in [-0.3, -0.25) is 15.1 Å². The van der Waals surface area contributed by atoms with E-state index in [0.29, 0.717) is 10.6 Å². The summed E-state index contributed by atoms with van der Waals surface area (Å²) in [7, 11) is 0. The number of nitro benzene ring substituents is 1. The van der Waals surface area contributed by atoms with Crippen LogP contribution in [0.25, 0.3) is 10.6 Å². The Morgan fingerprint density at radius 1 is 1.27 bits per heavy atom. The quantitative estimate of drug-likeness (QED) is 0.278. The van der Waals surface area contributed by atoms with E-state index in [1.54, 1.807) is 6.92 Å². The summed E-state index contributed by atoms with van der Waals surface area (Å²) in [4.78, 5) is 24.3. The van der Waals surface area contributed by atoms with Crippen molar-refractivity contribution in [2.45, 2.75) is 31.5 Å². The SMILES string of the molecule is C[C@H](CC(c1ccc(C(F)(F)F)nc1)c1nnc(-c2ccc([N+](=O)[O-])c(F)c2)s1)NC(=O)O. The van der Waals surface area contributed by atoms with E-state index < -0.39 is 46.4 Å². The van der Waals surface area contributed by atoms with Gasteiger partial charge < -0.3 is 10.4 Å². The zero-order valence-corrected chi connectivity index (χ0v) is 17.5. The number of carbonyl (C=O) groups is 1. The summed E-state index contributed by atoms with van der Waals surface area (Å²) in [5, 5.41) is 30.6. The van der Waals surface area contributed by atoms with Crippen LogP contribution in [0.3, 0.4) is 0 Å². The predicted molar refractivity (Wildman–Crippen MR) is 108 cm³/mol. The molecule has 0 aliphatic carbocycles. The van der Waals surface area contributed by atoms with E-state index >= 15 is 0 Å². The van der Waals surface area contributed by atoms with Gasteiger partial charge in [-0.1, -0.05) is 17.4 Å². The molecule has 174 valence electrons. The highest BCUT2D eigenvalue weighted by Crippen LogP contribution is 2.36. The molecule has 3 rings (SSSR count). The van der Waals surface area contributed by atoms with E-state index in [4.69, 9.17) is 5.11 Å². The molecule has 1 unspecified atom stereocenters. The summed E-state index contributed by atoms with van der Waals surface area (Å²) >= 11 is 0.999. The number of benzene rings is 1. The summed E-state index contributed by atoms with van der Waals surface area (Å²) in [5.41, 5.74) is -1.21. The molecule has 2 aromatic heterocycles. The lowest BCUT2D eigenvalue weighted by Gasteiger charge is -2.19. The second-order valence-electron chi connectivity index (χ2n) is 6.98. The summed E-state index contributed by atoms with van der Waals surface area (Å²) in [6.45, 7) is 1.58. The molecule has 0 saturated heterocycles. The van der Waals surface area contributed by atoms with Crippen LogP contribution in [0.1, 0.15) is 35.5 Å². The molecule has 2 atom stereocenters. The standard InChI is InChI=1S/C19H15F4N5O4S/c1-9(25-18(29)30)6-12(11-3-5-15(24-8-11)19(21,22)23)17-27-26-16(33-17)10-2-4-14(28(31)32)13(20)7-10/h2-5,7-9,12,25H,6H2,1H3,(H,29,30)/t9-,12?/m1/s1. The number of nitrogens with one attached hydrogen (secondary N) is 1. The van der Waals surface area contributed by atoms with Crippen LogP contribution in [-0.2, 0) is 6.18 Å².